The van der Waals surface area contributed by atoms with Gasteiger partial charge in [0, 0.05) is 26.2 Å². The van der Waals surface area contributed by atoms with Gasteiger partial charge in [0.15, 0.2) is 0 Å². The van der Waals surface area contributed by atoms with Crippen molar-refractivity contribution >= 4 is 0 Å². The predicted octanol–water partition coefficient (Wildman–Crippen LogP) is 2.63. The Balaban J connectivity index is 1.73. The summed E-state index contributed by atoms with van der Waals surface area (Å²) >= 11 is 0. The fourth-order valence-electron chi connectivity index (χ4n) is 3.00. The topological polar surface area (TPSA) is 43.2 Å². The molecule has 1 unspecified atom stereocenters. The molecule has 1 saturated heterocycles. The van der Waals surface area contributed by atoms with Crippen LogP contribution >= 0.6 is 0 Å². The lowest BCUT2D eigenvalue weighted by Crippen LogP contribution is -2.38. The van der Waals surface area contributed by atoms with Gasteiger partial charge in [0.1, 0.15) is 5.82 Å². The quantitative estimate of drug-likeness (QED) is 0.869. The van der Waals surface area contributed by atoms with E-state index in [2.05, 4.69) is 22.1 Å². The fourth-order valence-corrected chi connectivity index (χ4v) is 3.00. The van der Waals surface area contributed by atoms with Crippen LogP contribution in [0.3, 0.4) is 0 Å². The lowest BCUT2D eigenvalue weighted by atomic mass is 10.0. The number of halogens is 1. The molecule has 1 aliphatic heterocycles. The van der Waals surface area contributed by atoms with E-state index in [9.17, 15) is 4.39 Å². The highest BCUT2D eigenvalue weighted by Crippen LogP contribution is 2.25. The molecule has 5 nitrogen and oxygen atoms in total. The van der Waals surface area contributed by atoms with E-state index in [1.54, 1.807) is 6.92 Å². The third-order valence-corrected chi connectivity index (χ3v) is 4.41. The van der Waals surface area contributed by atoms with Crippen molar-refractivity contribution in [3.8, 4) is 0 Å². The largest absolute Gasteiger partial charge is 0.371 e. The zero-order chi connectivity index (χ0) is 16.4. The van der Waals surface area contributed by atoms with E-state index in [-0.39, 0.29) is 11.9 Å². The molecule has 1 aromatic heterocycles. The molecule has 0 bridgehead atoms. The van der Waals surface area contributed by atoms with Crippen LogP contribution < -0.4 is 0 Å². The van der Waals surface area contributed by atoms with Gasteiger partial charge in [-0.2, -0.15) is 0 Å². The van der Waals surface area contributed by atoms with Crippen molar-refractivity contribution in [2.45, 2.75) is 40.0 Å². The molecule has 2 heterocycles. The monoisotopic (exact) mass is 318 g/mol. The zero-order valence-electron chi connectivity index (χ0n) is 13.9. The molecule has 1 fully saturated rings. The Morgan fingerprint density at radius 1 is 1.35 bits per heavy atom. The Bertz CT molecular complexity index is 685. The first-order valence-electron chi connectivity index (χ1n) is 8.07. The van der Waals surface area contributed by atoms with Crippen LogP contribution in [0.1, 0.15) is 35.5 Å². The van der Waals surface area contributed by atoms with Gasteiger partial charge in [-0.15, -0.1) is 5.10 Å². The SMILES string of the molecule is CCn1nnc(C)c1CN1CCOC(c2ccc(F)c(C)c2)C1. The average Bonchev–Trinajstić information content (AvgIpc) is 2.90. The number of hydrogen-bond acceptors (Lipinski definition) is 4. The van der Waals surface area contributed by atoms with E-state index >= 15 is 0 Å². The van der Waals surface area contributed by atoms with Gasteiger partial charge in [0.25, 0.3) is 0 Å². The summed E-state index contributed by atoms with van der Waals surface area (Å²) in [5, 5.41) is 8.33. The molecule has 23 heavy (non-hydrogen) atoms. The van der Waals surface area contributed by atoms with Gasteiger partial charge < -0.3 is 4.74 Å². The number of morpholine rings is 1. The van der Waals surface area contributed by atoms with E-state index in [1.165, 1.54) is 6.07 Å². The van der Waals surface area contributed by atoms with Crippen molar-refractivity contribution in [1.82, 2.24) is 19.9 Å². The molecule has 0 amide bonds. The van der Waals surface area contributed by atoms with E-state index < -0.39 is 0 Å². The maximum Gasteiger partial charge on any atom is 0.126 e. The summed E-state index contributed by atoms with van der Waals surface area (Å²) in [6.45, 7) is 9.83. The standard InChI is InChI=1S/C17H23FN4O/c1-4-22-16(13(3)19-20-22)10-21-7-8-23-17(11-21)14-5-6-15(18)12(2)9-14/h5-6,9,17H,4,7-8,10-11H2,1-3H3. The van der Waals surface area contributed by atoms with Crippen molar-refractivity contribution in [1.29, 1.82) is 0 Å². The number of rotatable bonds is 4. The second-order valence-electron chi connectivity index (χ2n) is 6.04. The van der Waals surface area contributed by atoms with Gasteiger partial charge in [0.2, 0.25) is 0 Å². The molecule has 6 heteroatoms. The summed E-state index contributed by atoms with van der Waals surface area (Å²) < 4.78 is 21.3. The van der Waals surface area contributed by atoms with Crippen molar-refractivity contribution in [3.05, 3.63) is 46.5 Å². The van der Waals surface area contributed by atoms with Gasteiger partial charge in [-0.3, -0.25) is 4.90 Å². The minimum atomic E-state index is -0.171. The third-order valence-electron chi connectivity index (χ3n) is 4.41. The zero-order valence-corrected chi connectivity index (χ0v) is 13.9. The highest BCUT2D eigenvalue weighted by atomic mass is 19.1. The highest BCUT2D eigenvalue weighted by molar-refractivity contribution is 5.26. The molecule has 1 aliphatic rings. The van der Waals surface area contributed by atoms with Crippen LogP contribution in [0.2, 0.25) is 0 Å². The number of ether oxygens (including phenoxy) is 1. The second-order valence-corrected chi connectivity index (χ2v) is 6.04. The normalized spacial score (nSPS) is 19.2. The number of benzene rings is 1. The molecule has 124 valence electrons. The van der Waals surface area contributed by atoms with E-state index in [1.807, 2.05) is 23.7 Å². The maximum atomic E-state index is 13.5. The highest BCUT2D eigenvalue weighted by Gasteiger charge is 2.24. The first kappa shape index (κ1) is 16.1. The van der Waals surface area contributed by atoms with Crippen molar-refractivity contribution in [2.24, 2.45) is 0 Å². The predicted molar refractivity (Wildman–Crippen MR) is 85.5 cm³/mol. The van der Waals surface area contributed by atoms with E-state index in [4.69, 9.17) is 4.74 Å². The molecular formula is C17H23FN4O. The molecule has 2 aromatic rings. The van der Waals surface area contributed by atoms with Crippen LogP contribution in [0.15, 0.2) is 18.2 Å². The van der Waals surface area contributed by atoms with E-state index in [0.717, 1.165) is 43.1 Å². The van der Waals surface area contributed by atoms with Crippen molar-refractivity contribution < 1.29 is 9.13 Å². The van der Waals surface area contributed by atoms with Crippen LogP contribution in [-0.4, -0.2) is 39.6 Å². The van der Waals surface area contributed by atoms with Crippen LogP contribution in [0.25, 0.3) is 0 Å². The second kappa shape index (κ2) is 6.76. The Morgan fingerprint density at radius 3 is 2.91 bits per heavy atom. The van der Waals surface area contributed by atoms with Gasteiger partial charge in [-0.25, -0.2) is 9.07 Å². The van der Waals surface area contributed by atoms with Crippen molar-refractivity contribution in [2.75, 3.05) is 19.7 Å². The summed E-state index contributed by atoms with van der Waals surface area (Å²) in [5.74, 6) is -0.171. The van der Waals surface area contributed by atoms with Gasteiger partial charge >= 0.3 is 0 Å². The Hall–Kier alpha value is -1.79. The average molecular weight is 318 g/mol. The number of hydrogen-bond donors (Lipinski definition) is 0. The molecule has 0 spiro atoms. The van der Waals surface area contributed by atoms with Crippen LogP contribution in [0.5, 0.6) is 0 Å². The lowest BCUT2D eigenvalue weighted by molar-refractivity contribution is -0.0337. The van der Waals surface area contributed by atoms with Crippen LogP contribution in [-0.2, 0) is 17.8 Å². The molecule has 0 radical (unpaired) electrons. The molecule has 3 rings (SSSR count). The fraction of sp³-hybridized carbons (Fsp3) is 0.529. The molecule has 0 N–H and O–H groups in total. The number of nitrogens with zero attached hydrogens (tertiary/aromatic N) is 4. The first-order chi connectivity index (χ1) is 11.1. The van der Waals surface area contributed by atoms with Crippen molar-refractivity contribution in [3.63, 3.8) is 0 Å². The lowest BCUT2D eigenvalue weighted by Gasteiger charge is -2.33. The Kier molecular flexibility index (Phi) is 4.73. The summed E-state index contributed by atoms with van der Waals surface area (Å²) in [6, 6.07) is 5.22. The molecule has 0 aliphatic carbocycles. The molecule has 0 saturated carbocycles. The smallest absolute Gasteiger partial charge is 0.126 e. The van der Waals surface area contributed by atoms with E-state index in [0.29, 0.717) is 12.2 Å². The summed E-state index contributed by atoms with van der Waals surface area (Å²) in [6.07, 6.45) is -0.0192. The molecule has 1 aromatic carbocycles. The minimum absolute atomic E-state index is 0.0192. The molecule has 1 atom stereocenters. The summed E-state index contributed by atoms with van der Waals surface area (Å²) in [4.78, 5) is 2.35. The summed E-state index contributed by atoms with van der Waals surface area (Å²) in [7, 11) is 0. The maximum absolute atomic E-state index is 13.5. The number of aromatic nitrogens is 3. The van der Waals surface area contributed by atoms with Gasteiger partial charge in [0.05, 0.1) is 24.1 Å². The van der Waals surface area contributed by atoms with Gasteiger partial charge in [-0.05, 0) is 38.0 Å². The first-order valence-corrected chi connectivity index (χ1v) is 8.07. The van der Waals surface area contributed by atoms with Crippen LogP contribution in [0, 0.1) is 19.7 Å². The number of aryl methyl sites for hydroxylation is 3. The summed E-state index contributed by atoms with van der Waals surface area (Å²) in [5.41, 5.74) is 3.83. The van der Waals surface area contributed by atoms with Gasteiger partial charge in [-0.1, -0.05) is 17.3 Å². The Morgan fingerprint density at radius 2 is 2.17 bits per heavy atom. The third kappa shape index (κ3) is 3.43. The molecular weight excluding hydrogens is 295 g/mol. The Labute approximate surface area is 136 Å². The van der Waals surface area contributed by atoms with Crippen LogP contribution in [0.4, 0.5) is 4.39 Å². The minimum Gasteiger partial charge on any atom is -0.371 e.